The van der Waals surface area contributed by atoms with E-state index in [1.165, 1.54) is 0 Å². The van der Waals surface area contributed by atoms with E-state index in [4.69, 9.17) is 9.47 Å². The van der Waals surface area contributed by atoms with Gasteiger partial charge >= 0.3 is 0 Å². The van der Waals surface area contributed by atoms with Crippen LogP contribution in [0.5, 0.6) is 11.5 Å². The highest BCUT2D eigenvalue weighted by atomic mass is 16.5. The van der Waals surface area contributed by atoms with E-state index in [0.29, 0.717) is 37.6 Å². The summed E-state index contributed by atoms with van der Waals surface area (Å²) in [7, 11) is 3.83. The molecule has 2 aromatic rings. The van der Waals surface area contributed by atoms with Crippen molar-refractivity contribution >= 4 is 17.4 Å². The summed E-state index contributed by atoms with van der Waals surface area (Å²) >= 11 is 0. The Morgan fingerprint density at radius 1 is 0.914 bits per heavy atom. The highest BCUT2D eigenvalue weighted by Crippen LogP contribution is 2.39. The van der Waals surface area contributed by atoms with Crippen molar-refractivity contribution in [2.75, 3.05) is 40.4 Å². The van der Waals surface area contributed by atoms with Crippen LogP contribution in [0, 0.1) is 0 Å². The van der Waals surface area contributed by atoms with Gasteiger partial charge in [0.05, 0.1) is 24.8 Å². The molecular weight excluding hydrogens is 444 g/mol. The van der Waals surface area contributed by atoms with Crippen LogP contribution in [0.15, 0.2) is 54.1 Å². The van der Waals surface area contributed by atoms with Gasteiger partial charge in [-0.2, -0.15) is 0 Å². The fourth-order valence-electron chi connectivity index (χ4n) is 3.93. The molecule has 2 aromatic carbocycles. The number of carbonyl (C=O) groups is 2. The van der Waals surface area contributed by atoms with Gasteiger partial charge in [-0.3, -0.25) is 9.59 Å². The summed E-state index contributed by atoms with van der Waals surface area (Å²) < 4.78 is 11.4. The molecule has 1 atom stereocenters. The van der Waals surface area contributed by atoms with Crippen LogP contribution in [0.4, 0.5) is 0 Å². The van der Waals surface area contributed by atoms with Crippen molar-refractivity contribution < 1.29 is 24.2 Å². The van der Waals surface area contributed by atoms with Gasteiger partial charge in [0.2, 0.25) is 0 Å². The van der Waals surface area contributed by atoms with E-state index in [1.807, 2.05) is 50.2 Å². The maximum atomic E-state index is 13.1. The Morgan fingerprint density at radius 3 is 2.09 bits per heavy atom. The fourth-order valence-corrected chi connectivity index (χ4v) is 3.93. The molecule has 3 rings (SSSR count). The first-order chi connectivity index (χ1) is 16.9. The number of aliphatic hydroxyl groups is 1. The molecular formula is C28H36N2O5. The van der Waals surface area contributed by atoms with Crippen LogP contribution in [0.1, 0.15) is 50.3 Å². The Kier molecular flexibility index (Phi) is 9.32. The summed E-state index contributed by atoms with van der Waals surface area (Å²) in [4.78, 5) is 29.7. The van der Waals surface area contributed by atoms with E-state index in [2.05, 4.69) is 6.92 Å². The number of likely N-dealkylation sites (N-methyl/N-ethyl adjacent to an activating group) is 1. The zero-order valence-electron chi connectivity index (χ0n) is 21.1. The predicted octanol–water partition coefficient (Wildman–Crippen LogP) is 4.64. The Bertz CT molecular complexity index is 1030. The number of benzene rings is 2. The molecule has 0 aromatic heterocycles. The van der Waals surface area contributed by atoms with Crippen LogP contribution in [0.25, 0.3) is 5.76 Å². The molecule has 1 amide bonds. The monoisotopic (exact) mass is 480 g/mol. The van der Waals surface area contributed by atoms with Crippen LogP contribution in [-0.4, -0.2) is 67.0 Å². The van der Waals surface area contributed by atoms with Gasteiger partial charge in [0.1, 0.15) is 17.3 Å². The lowest BCUT2D eigenvalue weighted by Crippen LogP contribution is -2.35. The van der Waals surface area contributed by atoms with Crippen molar-refractivity contribution in [2.24, 2.45) is 0 Å². The summed E-state index contributed by atoms with van der Waals surface area (Å²) in [6.45, 7) is 6.31. The lowest BCUT2D eigenvalue weighted by Gasteiger charge is -2.26. The highest BCUT2D eigenvalue weighted by molar-refractivity contribution is 6.46. The molecule has 0 bridgehead atoms. The molecule has 35 heavy (non-hydrogen) atoms. The molecule has 7 nitrogen and oxygen atoms in total. The van der Waals surface area contributed by atoms with E-state index in [-0.39, 0.29) is 11.3 Å². The number of aliphatic hydroxyl groups excluding tert-OH is 1. The van der Waals surface area contributed by atoms with Gasteiger partial charge in [0, 0.05) is 18.7 Å². The molecule has 1 saturated heterocycles. The number of ether oxygens (including phenoxy) is 2. The standard InChI is InChI=1S/C28H36N2O5/c1-5-7-19-35-23-12-8-20(9-13-23)25-24(27(32)28(33)30(25)17-16-29(3)4)26(31)21-10-14-22(15-11-21)34-18-6-2/h8-15,25,31H,5-7,16-19H2,1-4H3. The van der Waals surface area contributed by atoms with Gasteiger partial charge in [-0.05, 0) is 68.9 Å². The zero-order chi connectivity index (χ0) is 25.4. The number of carbonyl (C=O) groups excluding carboxylic acids is 2. The summed E-state index contributed by atoms with van der Waals surface area (Å²) in [6.07, 6.45) is 2.90. The Hall–Kier alpha value is -3.32. The lowest BCUT2D eigenvalue weighted by molar-refractivity contribution is -0.140. The first kappa shape index (κ1) is 26.3. The predicted molar refractivity (Wildman–Crippen MR) is 137 cm³/mol. The molecule has 1 fully saturated rings. The van der Waals surface area contributed by atoms with Crippen LogP contribution in [-0.2, 0) is 9.59 Å². The lowest BCUT2D eigenvalue weighted by atomic mass is 9.95. The molecule has 1 N–H and O–H groups in total. The molecule has 7 heteroatoms. The van der Waals surface area contributed by atoms with Gasteiger partial charge in [-0.1, -0.05) is 32.4 Å². The summed E-state index contributed by atoms with van der Waals surface area (Å²) in [5.74, 6) is -0.0587. The average molecular weight is 481 g/mol. The summed E-state index contributed by atoms with van der Waals surface area (Å²) in [5.41, 5.74) is 1.30. The summed E-state index contributed by atoms with van der Waals surface area (Å²) in [6, 6.07) is 13.6. The van der Waals surface area contributed by atoms with E-state index in [9.17, 15) is 14.7 Å². The molecule has 0 aliphatic carbocycles. The topological polar surface area (TPSA) is 79.3 Å². The molecule has 0 saturated carbocycles. The minimum atomic E-state index is -0.685. The number of nitrogens with zero attached hydrogens (tertiary/aromatic N) is 2. The smallest absolute Gasteiger partial charge is 0.295 e. The van der Waals surface area contributed by atoms with E-state index >= 15 is 0 Å². The van der Waals surface area contributed by atoms with Crippen molar-refractivity contribution in [2.45, 2.75) is 39.2 Å². The van der Waals surface area contributed by atoms with E-state index in [1.54, 1.807) is 29.2 Å². The van der Waals surface area contributed by atoms with E-state index in [0.717, 1.165) is 30.6 Å². The third-order valence-corrected chi connectivity index (χ3v) is 5.89. The molecule has 0 spiro atoms. The normalized spacial score (nSPS) is 17.3. The number of Topliss-reactive ketones (excluding diaryl/α,β-unsaturated/α-hetero) is 1. The number of hydrogen-bond acceptors (Lipinski definition) is 6. The van der Waals surface area contributed by atoms with Gasteiger partial charge < -0.3 is 24.4 Å². The number of likely N-dealkylation sites (tertiary alicyclic amines) is 1. The van der Waals surface area contributed by atoms with Gasteiger partial charge in [0.25, 0.3) is 11.7 Å². The van der Waals surface area contributed by atoms with Gasteiger partial charge in [0.15, 0.2) is 0 Å². The number of amides is 1. The highest BCUT2D eigenvalue weighted by Gasteiger charge is 2.45. The number of rotatable bonds is 12. The van der Waals surface area contributed by atoms with Crippen molar-refractivity contribution in [3.05, 3.63) is 65.2 Å². The van der Waals surface area contributed by atoms with Gasteiger partial charge in [-0.25, -0.2) is 0 Å². The van der Waals surface area contributed by atoms with Crippen molar-refractivity contribution in [1.82, 2.24) is 9.80 Å². The van der Waals surface area contributed by atoms with Crippen molar-refractivity contribution in [1.29, 1.82) is 0 Å². The fraction of sp³-hybridized carbons (Fsp3) is 0.429. The second kappa shape index (κ2) is 12.4. The Balaban J connectivity index is 1.98. The SMILES string of the molecule is CCCCOc1ccc(C2C(=C(O)c3ccc(OCCC)cc3)C(=O)C(=O)N2CCN(C)C)cc1. The Morgan fingerprint density at radius 2 is 1.51 bits per heavy atom. The first-order valence-corrected chi connectivity index (χ1v) is 12.3. The number of unbranched alkanes of at least 4 members (excludes halogenated alkanes) is 1. The average Bonchev–Trinajstić information content (AvgIpc) is 3.11. The van der Waals surface area contributed by atoms with Crippen molar-refractivity contribution in [3.63, 3.8) is 0 Å². The van der Waals surface area contributed by atoms with Crippen LogP contribution in [0.2, 0.25) is 0 Å². The quantitative estimate of drug-likeness (QED) is 0.206. The third kappa shape index (κ3) is 6.42. The second-order valence-electron chi connectivity index (χ2n) is 8.94. The van der Waals surface area contributed by atoms with E-state index < -0.39 is 17.7 Å². The first-order valence-electron chi connectivity index (χ1n) is 12.3. The molecule has 0 radical (unpaired) electrons. The summed E-state index contributed by atoms with van der Waals surface area (Å²) in [5, 5.41) is 11.2. The van der Waals surface area contributed by atoms with Crippen LogP contribution < -0.4 is 9.47 Å². The Labute approximate surface area is 207 Å². The minimum Gasteiger partial charge on any atom is -0.507 e. The molecule has 188 valence electrons. The molecule has 1 aliphatic heterocycles. The van der Waals surface area contributed by atoms with Crippen molar-refractivity contribution in [3.8, 4) is 11.5 Å². The third-order valence-electron chi connectivity index (χ3n) is 5.89. The van der Waals surface area contributed by atoms with Crippen LogP contribution >= 0.6 is 0 Å². The maximum Gasteiger partial charge on any atom is 0.295 e. The zero-order valence-corrected chi connectivity index (χ0v) is 21.1. The van der Waals surface area contributed by atoms with Crippen LogP contribution in [0.3, 0.4) is 0 Å². The molecule has 1 heterocycles. The minimum absolute atomic E-state index is 0.0932. The molecule has 1 unspecified atom stereocenters. The number of ketones is 1. The largest absolute Gasteiger partial charge is 0.507 e. The second-order valence-corrected chi connectivity index (χ2v) is 8.94. The van der Waals surface area contributed by atoms with Gasteiger partial charge in [-0.15, -0.1) is 0 Å². The molecule has 1 aliphatic rings. The maximum absolute atomic E-state index is 13.1. The number of hydrogen-bond donors (Lipinski definition) is 1.